The summed E-state index contributed by atoms with van der Waals surface area (Å²) in [6.07, 6.45) is 3.59. The Labute approximate surface area is 119 Å². The highest BCUT2D eigenvalue weighted by molar-refractivity contribution is 6.30. The summed E-state index contributed by atoms with van der Waals surface area (Å²) in [5, 5.41) is 2.67. The molecule has 19 heavy (non-hydrogen) atoms. The van der Waals surface area contributed by atoms with E-state index in [4.69, 9.17) is 11.6 Å². The fourth-order valence-electron chi connectivity index (χ4n) is 2.66. The van der Waals surface area contributed by atoms with Crippen molar-refractivity contribution in [2.75, 3.05) is 20.2 Å². The van der Waals surface area contributed by atoms with Crippen LogP contribution in [0.15, 0.2) is 24.3 Å². The Kier molecular flexibility index (Phi) is 5.23. The third kappa shape index (κ3) is 3.71. The molecule has 0 aromatic heterocycles. The van der Waals surface area contributed by atoms with Crippen LogP contribution in [0.3, 0.4) is 0 Å². The molecule has 2 unspecified atom stereocenters. The number of halogens is 1. The molecule has 2 atom stereocenters. The molecule has 1 aliphatic rings. The van der Waals surface area contributed by atoms with Crippen LogP contribution in [0.25, 0.3) is 0 Å². The minimum absolute atomic E-state index is 0.377. The third-order valence-corrected chi connectivity index (χ3v) is 4.00. The van der Waals surface area contributed by atoms with Gasteiger partial charge in [0.15, 0.2) is 0 Å². The number of carbonyl (C=O) groups excluding carboxylic acids is 1. The lowest BCUT2D eigenvalue weighted by Gasteiger charge is -2.26. The lowest BCUT2D eigenvalue weighted by atomic mass is 9.83. The van der Waals surface area contributed by atoms with Gasteiger partial charge < -0.3 is 10.1 Å². The van der Waals surface area contributed by atoms with Crippen molar-refractivity contribution >= 4 is 17.6 Å². The molecule has 0 radical (unpaired) electrons. The lowest BCUT2D eigenvalue weighted by Crippen LogP contribution is -2.33. The van der Waals surface area contributed by atoms with Gasteiger partial charge in [0.05, 0.1) is 7.11 Å². The Morgan fingerprint density at radius 3 is 3.11 bits per heavy atom. The Hall–Kier alpha value is -1.06. The van der Waals surface area contributed by atoms with Crippen LogP contribution < -0.4 is 5.32 Å². The van der Waals surface area contributed by atoms with Gasteiger partial charge in [-0.05, 0) is 36.3 Å². The van der Waals surface area contributed by atoms with Crippen LogP contribution >= 0.6 is 11.6 Å². The van der Waals surface area contributed by atoms with E-state index >= 15 is 0 Å². The molecule has 0 spiro atoms. The third-order valence-electron chi connectivity index (χ3n) is 3.66. The van der Waals surface area contributed by atoms with E-state index in [1.807, 2.05) is 0 Å². The number of fused-ring (bicyclic) bond motifs is 1. The quantitative estimate of drug-likeness (QED) is 0.666. The fourth-order valence-corrected chi connectivity index (χ4v) is 2.86. The Morgan fingerprint density at radius 1 is 1.53 bits per heavy atom. The number of esters is 1. The molecule has 0 heterocycles. The van der Waals surface area contributed by atoms with Gasteiger partial charge >= 0.3 is 5.97 Å². The largest absolute Gasteiger partial charge is 0.468 e. The van der Waals surface area contributed by atoms with Crippen LogP contribution in [0.5, 0.6) is 0 Å². The molecule has 0 aliphatic heterocycles. The number of alkyl halides is 1. The van der Waals surface area contributed by atoms with E-state index in [9.17, 15) is 4.79 Å². The number of carbonyl (C=O) groups is 1. The van der Waals surface area contributed by atoms with Crippen LogP contribution in [0, 0.1) is 0 Å². The number of methoxy groups -OCH3 is 1. The van der Waals surface area contributed by atoms with Gasteiger partial charge in [-0.1, -0.05) is 24.3 Å². The molecule has 1 aromatic carbocycles. The second-order valence-electron chi connectivity index (χ2n) is 4.94. The van der Waals surface area contributed by atoms with Gasteiger partial charge in [0.2, 0.25) is 0 Å². The maximum Gasteiger partial charge on any atom is 0.325 e. The fraction of sp³-hybridized carbons (Fsp3) is 0.533. The first-order chi connectivity index (χ1) is 9.22. The number of ether oxygens (including phenoxy) is 1. The summed E-state index contributed by atoms with van der Waals surface area (Å²) >= 11 is 5.91. The molecule has 0 saturated carbocycles. The predicted octanol–water partition coefficient (Wildman–Crippen LogP) is 2.48. The van der Waals surface area contributed by atoms with E-state index in [0.717, 1.165) is 6.54 Å². The van der Waals surface area contributed by atoms with Crippen molar-refractivity contribution in [2.24, 2.45) is 0 Å². The zero-order chi connectivity index (χ0) is 13.7. The van der Waals surface area contributed by atoms with E-state index in [-0.39, 0.29) is 5.97 Å². The highest BCUT2D eigenvalue weighted by atomic mass is 35.5. The maximum absolute atomic E-state index is 11.2. The van der Waals surface area contributed by atoms with Gasteiger partial charge in [0.1, 0.15) is 5.38 Å². The number of hydrogen-bond acceptors (Lipinski definition) is 3. The second-order valence-corrected chi connectivity index (χ2v) is 5.46. The van der Waals surface area contributed by atoms with Crippen LogP contribution in [0.1, 0.15) is 29.9 Å². The van der Waals surface area contributed by atoms with Crippen LogP contribution in [-0.4, -0.2) is 31.5 Å². The zero-order valence-corrected chi connectivity index (χ0v) is 12.0. The number of rotatable bonds is 5. The van der Waals surface area contributed by atoms with Gasteiger partial charge in [-0.15, -0.1) is 11.6 Å². The molecule has 1 aliphatic carbocycles. The van der Waals surface area contributed by atoms with Crippen molar-refractivity contribution in [3.05, 3.63) is 35.4 Å². The van der Waals surface area contributed by atoms with Crippen molar-refractivity contribution in [1.29, 1.82) is 0 Å². The molecule has 2 rings (SSSR count). The normalized spacial score (nSPS) is 19.6. The molecule has 104 valence electrons. The Balaban J connectivity index is 1.86. The molecule has 4 heteroatoms. The van der Waals surface area contributed by atoms with Crippen LogP contribution in [-0.2, 0) is 16.0 Å². The smallest absolute Gasteiger partial charge is 0.325 e. The summed E-state index contributed by atoms with van der Waals surface area (Å²) in [6.45, 7) is 1.31. The second kappa shape index (κ2) is 6.92. The molecule has 0 bridgehead atoms. The number of benzene rings is 1. The summed E-state index contributed by atoms with van der Waals surface area (Å²) in [5.74, 6) is 0.143. The maximum atomic E-state index is 11.2. The minimum Gasteiger partial charge on any atom is -0.468 e. The van der Waals surface area contributed by atoms with Crippen molar-refractivity contribution in [3.63, 3.8) is 0 Å². The Morgan fingerprint density at radius 2 is 2.32 bits per heavy atom. The van der Waals surface area contributed by atoms with Gasteiger partial charge in [0, 0.05) is 13.1 Å². The Bertz CT molecular complexity index is 436. The van der Waals surface area contributed by atoms with E-state index < -0.39 is 5.38 Å². The van der Waals surface area contributed by atoms with Gasteiger partial charge in [-0.3, -0.25) is 4.79 Å². The van der Waals surface area contributed by atoms with Crippen molar-refractivity contribution in [2.45, 2.75) is 30.6 Å². The number of aryl methyl sites for hydroxylation is 1. The monoisotopic (exact) mass is 281 g/mol. The number of hydrogen-bond donors (Lipinski definition) is 1. The van der Waals surface area contributed by atoms with Crippen molar-refractivity contribution in [3.8, 4) is 0 Å². The average Bonchev–Trinajstić information content (AvgIpc) is 2.46. The highest BCUT2D eigenvalue weighted by Gasteiger charge is 2.20. The molecule has 0 amide bonds. The van der Waals surface area contributed by atoms with Crippen molar-refractivity contribution in [1.82, 2.24) is 5.32 Å². The summed E-state index contributed by atoms with van der Waals surface area (Å²) in [6, 6.07) is 8.61. The summed E-state index contributed by atoms with van der Waals surface area (Å²) < 4.78 is 4.60. The summed E-state index contributed by atoms with van der Waals surface area (Å²) in [4.78, 5) is 11.2. The van der Waals surface area contributed by atoms with Crippen molar-refractivity contribution < 1.29 is 9.53 Å². The first-order valence-corrected chi connectivity index (χ1v) is 7.16. The van der Waals surface area contributed by atoms with Gasteiger partial charge in [-0.2, -0.15) is 0 Å². The number of nitrogens with one attached hydrogen (secondary N) is 1. The van der Waals surface area contributed by atoms with E-state index in [1.165, 1.54) is 37.5 Å². The van der Waals surface area contributed by atoms with E-state index in [1.54, 1.807) is 0 Å². The molecule has 0 saturated heterocycles. The van der Waals surface area contributed by atoms with E-state index in [2.05, 4.69) is 34.3 Å². The highest BCUT2D eigenvalue weighted by Crippen LogP contribution is 2.30. The van der Waals surface area contributed by atoms with E-state index in [0.29, 0.717) is 12.5 Å². The van der Waals surface area contributed by atoms with Crippen LogP contribution in [0.4, 0.5) is 0 Å². The van der Waals surface area contributed by atoms with Crippen LogP contribution in [0.2, 0.25) is 0 Å². The van der Waals surface area contributed by atoms with Gasteiger partial charge in [-0.25, -0.2) is 0 Å². The summed E-state index contributed by atoms with van der Waals surface area (Å²) in [7, 11) is 1.36. The predicted molar refractivity (Wildman–Crippen MR) is 76.6 cm³/mol. The first kappa shape index (κ1) is 14.4. The molecule has 0 fully saturated rings. The SMILES string of the molecule is COC(=O)C(Cl)CNCC1CCCc2ccccc21. The zero-order valence-electron chi connectivity index (χ0n) is 11.2. The standard InChI is InChI=1S/C15H20ClNO2/c1-19-15(18)14(16)10-17-9-12-7-4-6-11-5-2-3-8-13(11)12/h2-3,5,8,12,14,17H,4,6-7,9-10H2,1H3. The molecule has 1 aromatic rings. The average molecular weight is 282 g/mol. The topological polar surface area (TPSA) is 38.3 Å². The van der Waals surface area contributed by atoms with Gasteiger partial charge in [0.25, 0.3) is 0 Å². The molecular formula is C15H20ClNO2. The first-order valence-electron chi connectivity index (χ1n) is 6.72. The minimum atomic E-state index is -0.608. The molecule has 1 N–H and O–H groups in total. The molecular weight excluding hydrogens is 262 g/mol. The lowest BCUT2D eigenvalue weighted by molar-refractivity contribution is -0.140. The molecule has 3 nitrogen and oxygen atoms in total. The summed E-state index contributed by atoms with van der Waals surface area (Å²) in [5.41, 5.74) is 2.89.